The number of hydrogen-bond donors (Lipinski definition) is 3. The molecule has 4 atom stereocenters. The smallest absolute Gasteiger partial charge is 0.272 e. The van der Waals surface area contributed by atoms with Crippen LogP contribution in [0.5, 0.6) is 11.5 Å². The number of likely N-dealkylation sites (tertiary alicyclic amines) is 1. The topological polar surface area (TPSA) is 86.2 Å². The van der Waals surface area contributed by atoms with Gasteiger partial charge in [0.1, 0.15) is 17.5 Å². The molecule has 1 saturated heterocycles. The van der Waals surface area contributed by atoms with E-state index in [0.29, 0.717) is 6.42 Å². The maximum absolute atomic E-state index is 11.6. The minimum atomic E-state index is -0.669. The molecule has 138 valence electrons. The fraction of sp³-hybridized carbons (Fsp3) is 0.632. The number of hydrogen-bond acceptors (Lipinski definition) is 4. The van der Waals surface area contributed by atoms with Crippen molar-refractivity contribution >= 4 is 5.91 Å². The number of benzene rings is 1. The molecule has 1 heterocycles. The fourth-order valence-electron chi connectivity index (χ4n) is 4.80. The van der Waals surface area contributed by atoms with Gasteiger partial charge in [-0.2, -0.15) is 0 Å². The highest BCUT2D eigenvalue weighted by Crippen LogP contribution is 2.46. The summed E-state index contributed by atoms with van der Waals surface area (Å²) in [5, 5.41) is 11.3. The Kier molecular flexibility index (Phi) is 5.20. The minimum Gasteiger partial charge on any atom is -0.497 e. The number of primary amides is 1. The Morgan fingerprint density at radius 3 is 2.80 bits per heavy atom. The molecule has 6 heteroatoms. The van der Waals surface area contributed by atoms with Crippen molar-refractivity contribution in [2.45, 2.75) is 43.7 Å². The van der Waals surface area contributed by atoms with E-state index in [-0.39, 0.29) is 24.4 Å². The van der Waals surface area contributed by atoms with Crippen LogP contribution in [0, 0.1) is 5.92 Å². The van der Waals surface area contributed by atoms with E-state index in [1.165, 1.54) is 0 Å². The Hall–Kier alpha value is -1.79. The summed E-state index contributed by atoms with van der Waals surface area (Å²) < 4.78 is 11.0. The van der Waals surface area contributed by atoms with Gasteiger partial charge in [-0.05, 0) is 31.0 Å². The number of nitrogens with two attached hydrogens (primary N) is 1. The van der Waals surface area contributed by atoms with Crippen molar-refractivity contribution in [3.63, 3.8) is 0 Å². The highest BCUT2D eigenvalue weighted by Gasteiger charge is 2.52. The zero-order chi connectivity index (χ0) is 18.0. The number of nitrogens with one attached hydrogen (secondary N) is 1. The highest BCUT2D eigenvalue weighted by atomic mass is 16.5. The second kappa shape index (κ2) is 7.22. The minimum absolute atomic E-state index is 0.0309. The Balaban J connectivity index is 2.07. The largest absolute Gasteiger partial charge is 0.497 e. The molecule has 1 amide bonds. The molecule has 2 fully saturated rings. The standard InChI is InChI=1S/C19H28N2O4/c1-24-13-6-7-16(25-2)14(11-13)18-15-5-3-4-8-19(15,23)9-10-21(18)12-17(20)22/h6-7,11,15,18,23H,3-5,8-10,12H2,1-2H3,(H2,20,22)/p+1/t15-,18+,19+/m0/s1. The van der Waals surface area contributed by atoms with Gasteiger partial charge < -0.3 is 25.2 Å². The number of carbonyl (C=O) groups excluding carboxylic acids is 1. The molecule has 4 N–H and O–H groups in total. The monoisotopic (exact) mass is 349 g/mol. The Morgan fingerprint density at radius 2 is 2.12 bits per heavy atom. The number of amides is 1. The maximum Gasteiger partial charge on any atom is 0.272 e. The molecule has 0 aromatic heterocycles. The number of rotatable bonds is 5. The number of methoxy groups -OCH3 is 2. The van der Waals surface area contributed by atoms with Crippen LogP contribution in [-0.4, -0.2) is 43.9 Å². The molecule has 0 bridgehead atoms. The van der Waals surface area contributed by atoms with Crippen LogP contribution in [0.1, 0.15) is 43.7 Å². The molecular weight excluding hydrogens is 320 g/mol. The molecule has 2 aliphatic rings. The summed E-state index contributed by atoms with van der Waals surface area (Å²) in [7, 11) is 3.28. The third kappa shape index (κ3) is 3.46. The highest BCUT2D eigenvalue weighted by molar-refractivity contribution is 5.74. The summed E-state index contributed by atoms with van der Waals surface area (Å²) in [6.45, 7) is 0.985. The number of fused-ring (bicyclic) bond motifs is 1. The molecule has 1 aromatic carbocycles. The molecule has 1 aliphatic heterocycles. The summed E-state index contributed by atoms with van der Waals surface area (Å²) in [5.74, 6) is 1.29. The number of quaternary nitrogens is 1. The zero-order valence-electron chi connectivity index (χ0n) is 15.1. The quantitative estimate of drug-likeness (QED) is 0.720. The second-order valence-corrected chi connectivity index (χ2v) is 7.34. The van der Waals surface area contributed by atoms with Crippen LogP contribution in [0.2, 0.25) is 0 Å². The lowest BCUT2D eigenvalue weighted by atomic mass is 9.66. The van der Waals surface area contributed by atoms with Gasteiger partial charge in [0, 0.05) is 12.3 Å². The van der Waals surface area contributed by atoms with E-state index in [1.54, 1.807) is 14.2 Å². The first-order valence-electron chi connectivity index (χ1n) is 9.05. The zero-order valence-corrected chi connectivity index (χ0v) is 15.1. The van der Waals surface area contributed by atoms with Crippen molar-refractivity contribution in [3.05, 3.63) is 23.8 Å². The van der Waals surface area contributed by atoms with Gasteiger partial charge in [0.25, 0.3) is 5.91 Å². The molecular formula is C19H29N2O4+. The van der Waals surface area contributed by atoms with Gasteiger partial charge >= 0.3 is 0 Å². The van der Waals surface area contributed by atoms with Gasteiger partial charge in [-0.25, -0.2) is 0 Å². The average molecular weight is 349 g/mol. The van der Waals surface area contributed by atoms with Crippen LogP contribution in [-0.2, 0) is 4.79 Å². The van der Waals surface area contributed by atoms with E-state index in [2.05, 4.69) is 0 Å². The third-order valence-corrected chi connectivity index (χ3v) is 5.96. The predicted octanol–water partition coefficient (Wildman–Crippen LogP) is 0.440. The van der Waals surface area contributed by atoms with Gasteiger partial charge in [-0.15, -0.1) is 0 Å². The Labute approximate surface area is 148 Å². The van der Waals surface area contributed by atoms with Gasteiger partial charge in [-0.3, -0.25) is 4.79 Å². The number of ether oxygens (including phenoxy) is 2. The Bertz CT molecular complexity index is 636. The lowest BCUT2D eigenvalue weighted by Crippen LogP contribution is -3.16. The van der Waals surface area contributed by atoms with Crippen molar-refractivity contribution in [1.82, 2.24) is 0 Å². The van der Waals surface area contributed by atoms with E-state index < -0.39 is 5.60 Å². The molecule has 3 rings (SSSR count). The Morgan fingerprint density at radius 1 is 1.32 bits per heavy atom. The van der Waals surface area contributed by atoms with Crippen LogP contribution < -0.4 is 20.1 Å². The molecule has 1 aliphatic carbocycles. The van der Waals surface area contributed by atoms with Gasteiger partial charge in [0.2, 0.25) is 0 Å². The van der Waals surface area contributed by atoms with Crippen LogP contribution in [0.25, 0.3) is 0 Å². The lowest BCUT2D eigenvalue weighted by molar-refractivity contribution is -0.937. The van der Waals surface area contributed by atoms with Crippen molar-refractivity contribution in [3.8, 4) is 11.5 Å². The van der Waals surface area contributed by atoms with Crippen molar-refractivity contribution in [2.24, 2.45) is 11.7 Å². The number of aliphatic hydroxyl groups is 1. The molecule has 1 aromatic rings. The van der Waals surface area contributed by atoms with E-state index >= 15 is 0 Å². The normalized spacial score (nSPS) is 31.9. The van der Waals surface area contributed by atoms with Crippen molar-refractivity contribution in [2.75, 3.05) is 27.3 Å². The van der Waals surface area contributed by atoms with Crippen molar-refractivity contribution < 1.29 is 24.3 Å². The summed E-state index contributed by atoms with van der Waals surface area (Å²) in [6.07, 6.45) is 4.64. The first-order valence-corrected chi connectivity index (χ1v) is 9.05. The van der Waals surface area contributed by atoms with Crippen LogP contribution in [0.3, 0.4) is 0 Å². The molecule has 1 saturated carbocycles. The van der Waals surface area contributed by atoms with Crippen LogP contribution in [0.4, 0.5) is 0 Å². The fourth-order valence-corrected chi connectivity index (χ4v) is 4.80. The molecule has 1 unspecified atom stereocenters. The van der Waals surface area contributed by atoms with Crippen molar-refractivity contribution in [1.29, 1.82) is 0 Å². The SMILES string of the molecule is COc1ccc(OC)c([C@@H]2[C@@H]3CCCC[C@@]3(O)CC[NH+]2CC(N)=O)c1. The molecule has 25 heavy (non-hydrogen) atoms. The number of carbonyl (C=O) groups is 1. The summed E-state index contributed by atoms with van der Waals surface area (Å²) >= 11 is 0. The molecule has 0 spiro atoms. The summed E-state index contributed by atoms with van der Waals surface area (Å²) in [5.41, 5.74) is 5.83. The lowest BCUT2D eigenvalue weighted by Gasteiger charge is -2.50. The van der Waals surface area contributed by atoms with Gasteiger partial charge in [0.15, 0.2) is 6.54 Å². The molecule has 0 radical (unpaired) electrons. The van der Waals surface area contributed by atoms with E-state index in [1.807, 2.05) is 18.2 Å². The van der Waals surface area contributed by atoms with E-state index in [4.69, 9.17) is 15.2 Å². The number of piperidine rings is 1. The average Bonchev–Trinajstić information content (AvgIpc) is 2.60. The van der Waals surface area contributed by atoms with E-state index in [9.17, 15) is 9.90 Å². The van der Waals surface area contributed by atoms with Crippen LogP contribution >= 0.6 is 0 Å². The molecule has 6 nitrogen and oxygen atoms in total. The second-order valence-electron chi connectivity index (χ2n) is 7.34. The third-order valence-electron chi connectivity index (χ3n) is 5.96. The maximum atomic E-state index is 11.6. The van der Waals surface area contributed by atoms with Gasteiger partial charge in [-0.1, -0.05) is 12.8 Å². The van der Waals surface area contributed by atoms with E-state index in [0.717, 1.165) is 54.2 Å². The van der Waals surface area contributed by atoms with Gasteiger partial charge in [0.05, 0.1) is 31.9 Å². The summed E-state index contributed by atoms with van der Waals surface area (Å²) in [6, 6.07) is 5.71. The van der Waals surface area contributed by atoms with Crippen LogP contribution in [0.15, 0.2) is 18.2 Å². The first-order chi connectivity index (χ1) is 12.0. The predicted molar refractivity (Wildman–Crippen MR) is 93.7 cm³/mol. The first kappa shape index (κ1) is 18.0. The summed E-state index contributed by atoms with van der Waals surface area (Å²) in [4.78, 5) is 12.8.